The summed E-state index contributed by atoms with van der Waals surface area (Å²) in [7, 11) is 1.57. The Bertz CT molecular complexity index is 866. The fourth-order valence-corrected chi connectivity index (χ4v) is 2.31. The van der Waals surface area contributed by atoms with Gasteiger partial charge in [0.15, 0.2) is 0 Å². The van der Waals surface area contributed by atoms with Gasteiger partial charge in [0.2, 0.25) is 11.8 Å². The lowest BCUT2D eigenvalue weighted by atomic mass is 10.2. The van der Waals surface area contributed by atoms with Crippen LogP contribution in [0.4, 0.5) is 5.69 Å². The first-order chi connectivity index (χ1) is 13.5. The maximum absolute atomic E-state index is 11.9. The van der Waals surface area contributed by atoms with Gasteiger partial charge in [0.25, 0.3) is 5.91 Å². The van der Waals surface area contributed by atoms with Crippen molar-refractivity contribution in [1.29, 1.82) is 0 Å². The van der Waals surface area contributed by atoms with E-state index in [4.69, 9.17) is 16.3 Å². The van der Waals surface area contributed by atoms with Crippen LogP contribution in [0.15, 0.2) is 54.6 Å². The van der Waals surface area contributed by atoms with E-state index in [0.29, 0.717) is 16.5 Å². The first-order valence-electron chi connectivity index (χ1n) is 8.43. The molecule has 0 heterocycles. The number of hydrazine groups is 1. The van der Waals surface area contributed by atoms with Crippen molar-refractivity contribution >= 4 is 41.1 Å². The third-order valence-electron chi connectivity index (χ3n) is 3.60. The number of rotatable bonds is 7. The minimum absolute atomic E-state index is 0.0470. The monoisotopic (exact) mass is 401 g/mol. The lowest BCUT2D eigenvalue weighted by Crippen LogP contribution is -2.41. The Morgan fingerprint density at radius 2 is 1.64 bits per heavy atom. The summed E-state index contributed by atoms with van der Waals surface area (Å²) < 4.78 is 5.05. The van der Waals surface area contributed by atoms with Crippen molar-refractivity contribution in [3.63, 3.8) is 0 Å². The smallest absolute Gasteiger partial charge is 0.262 e. The number of carbonyl (C=O) groups is 3. The molecule has 0 aromatic heterocycles. The van der Waals surface area contributed by atoms with Crippen LogP contribution in [0.5, 0.6) is 5.75 Å². The highest BCUT2D eigenvalue weighted by Gasteiger charge is 2.09. The summed E-state index contributed by atoms with van der Waals surface area (Å²) in [5.41, 5.74) is 5.79. The van der Waals surface area contributed by atoms with E-state index in [-0.39, 0.29) is 18.7 Å². The van der Waals surface area contributed by atoms with Gasteiger partial charge in [-0.2, -0.15) is 0 Å². The molecule has 3 amide bonds. The van der Waals surface area contributed by atoms with Gasteiger partial charge in [0.1, 0.15) is 5.75 Å². The number of benzene rings is 2. The SMILES string of the molecule is COc1ccc(/C=C/C(=O)NNC(=O)CCC(=O)Nc2ccccc2Cl)cc1. The Balaban J connectivity index is 1.69. The van der Waals surface area contributed by atoms with Crippen molar-refractivity contribution in [2.24, 2.45) is 0 Å². The Hall–Kier alpha value is -3.32. The van der Waals surface area contributed by atoms with Gasteiger partial charge < -0.3 is 10.1 Å². The average Bonchev–Trinajstić information content (AvgIpc) is 2.71. The van der Waals surface area contributed by atoms with Gasteiger partial charge >= 0.3 is 0 Å². The molecule has 28 heavy (non-hydrogen) atoms. The fraction of sp³-hybridized carbons (Fsp3) is 0.150. The van der Waals surface area contributed by atoms with Gasteiger partial charge in [-0.1, -0.05) is 35.9 Å². The number of anilines is 1. The van der Waals surface area contributed by atoms with Gasteiger partial charge in [0, 0.05) is 18.9 Å². The molecule has 8 heteroatoms. The molecule has 0 saturated carbocycles. The number of nitrogens with one attached hydrogen (secondary N) is 3. The quantitative estimate of drug-likeness (QED) is 0.491. The van der Waals surface area contributed by atoms with Crippen molar-refractivity contribution in [1.82, 2.24) is 10.9 Å². The molecule has 2 aromatic carbocycles. The molecule has 0 unspecified atom stereocenters. The number of carbonyl (C=O) groups excluding carboxylic acids is 3. The van der Waals surface area contributed by atoms with E-state index in [1.165, 1.54) is 6.08 Å². The summed E-state index contributed by atoms with van der Waals surface area (Å²) in [5.74, 6) is -0.619. The third-order valence-corrected chi connectivity index (χ3v) is 3.92. The van der Waals surface area contributed by atoms with Gasteiger partial charge in [0.05, 0.1) is 17.8 Å². The Morgan fingerprint density at radius 1 is 0.964 bits per heavy atom. The predicted octanol–water partition coefficient (Wildman–Crippen LogP) is 2.93. The molecule has 0 saturated heterocycles. The molecular formula is C20H20ClN3O4. The number of methoxy groups -OCH3 is 1. The molecule has 0 radical (unpaired) electrons. The standard InChI is InChI=1S/C20H20ClN3O4/c1-28-15-9-6-14(7-10-15)8-11-19(26)23-24-20(27)13-12-18(25)22-17-5-3-2-4-16(17)21/h2-11H,12-13H2,1H3,(H,22,25)(H,23,26)(H,24,27)/b11-8+. The summed E-state index contributed by atoms with van der Waals surface area (Å²) >= 11 is 5.95. The van der Waals surface area contributed by atoms with Gasteiger partial charge in [-0.15, -0.1) is 0 Å². The molecule has 0 bridgehead atoms. The average molecular weight is 402 g/mol. The normalized spacial score (nSPS) is 10.4. The predicted molar refractivity (Wildman–Crippen MR) is 108 cm³/mol. The van der Waals surface area contributed by atoms with Gasteiger partial charge in [-0.05, 0) is 35.9 Å². The van der Waals surface area contributed by atoms with Gasteiger partial charge in [-0.3, -0.25) is 25.2 Å². The molecule has 0 aliphatic carbocycles. The minimum atomic E-state index is -0.496. The second-order valence-electron chi connectivity index (χ2n) is 5.67. The summed E-state index contributed by atoms with van der Waals surface area (Å²) in [6.07, 6.45) is 2.75. The van der Waals surface area contributed by atoms with Crippen molar-refractivity contribution in [2.45, 2.75) is 12.8 Å². The number of hydrogen-bond acceptors (Lipinski definition) is 4. The van der Waals surface area contributed by atoms with Crippen molar-refractivity contribution < 1.29 is 19.1 Å². The molecule has 7 nitrogen and oxygen atoms in total. The number of amides is 3. The lowest BCUT2D eigenvalue weighted by Gasteiger charge is -2.07. The summed E-state index contributed by atoms with van der Waals surface area (Å²) in [4.78, 5) is 35.3. The van der Waals surface area contributed by atoms with Crippen LogP contribution in [-0.2, 0) is 14.4 Å². The number of ether oxygens (including phenoxy) is 1. The van der Waals surface area contributed by atoms with E-state index in [1.807, 2.05) is 0 Å². The van der Waals surface area contributed by atoms with Crippen LogP contribution in [0.3, 0.4) is 0 Å². The molecule has 0 fully saturated rings. The number of halogens is 1. The number of para-hydroxylation sites is 1. The van der Waals surface area contributed by atoms with Crippen LogP contribution < -0.4 is 20.9 Å². The zero-order valence-corrected chi connectivity index (χ0v) is 16.0. The Labute approximate surface area is 167 Å². The topological polar surface area (TPSA) is 96.5 Å². The Morgan fingerprint density at radius 3 is 2.32 bits per heavy atom. The molecule has 0 aliphatic rings. The van der Waals surface area contributed by atoms with Crippen LogP contribution in [0.1, 0.15) is 18.4 Å². The largest absolute Gasteiger partial charge is 0.497 e. The molecule has 0 aliphatic heterocycles. The van der Waals surface area contributed by atoms with E-state index in [0.717, 1.165) is 5.56 Å². The van der Waals surface area contributed by atoms with Crippen LogP contribution in [0.2, 0.25) is 5.02 Å². The molecule has 0 spiro atoms. The van der Waals surface area contributed by atoms with Crippen LogP contribution >= 0.6 is 11.6 Å². The maximum Gasteiger partial charge on any atom is 0.262 e. The molecule has 2 rings (SSSR count). The molecular weight excluding hydrogens is 382 g/mol. The Kier molecular flexibility index (Phi) is 8.05. The zero-order chi connectivity index (χ0) is 20.4. The highest BCUT2D eigenvalue weighted by molar-refractivity contribution is 6.33. The van der Waals surface area contributed by atoms with Crippen LogP contribution in [0, 0.1) is 0 Å². The van der Waals surface area contributed by atoms with Gasteiger partial charge in [-0.25, -0.2) is 0 Å². The summed E-state index contributed by atoms with van der Waals surface area (Å²) in [5, 5.41) is 3.03. The summed E-state index contributed by atoms with van der Waals surface area (Å²) in [6.45, 7) is 0. The molecule has 2 aromatic rings. The van der Waals surface area contributed by atoms with Crippen LogP contribution in [-0.4, -0.2) is 24.8 Å². The highest BCUT2D eigenvalue weighted by Crippen LogP contribution is 2.20. The first kappa shape index (κ1) is 21.0. The van der Waals surface area contributed by atoms with Crippen molar-refractivity contribution in [2.75, 3.05) is 12.4 Å². The van der Waals surface area contributed by atoms with Crippen molar-refractivity contribution in [3.05, 3.63) is 65.2 Å². The summed E-state index contributed by atoms with van der Waals surface area (Å²) in [6, 6.07) is 13.9. The highest BCUT2D eigenvalue weighted by atomic mass is 35.5. The van der Waals surface area contributed by atoms with Crippen molar-refractivity contribution in [3.8, 4) is 5.75 Å². The minimum Gasteiger partial charge on any atom is -0.497 e. The van der Waals surface area contributed by atoms with Crippen LogP contribution in [0.25, 0.3) is 6.08 Å². The third kappa shape index (κ3) is 7.13. The van der Waals surface area contributed by atoms with E-state index in [9.17, 15) is 14.4 Å². The second kappa shape index (κ2) is 10.7. The van der Waals surface area contributed by atoms with E-state index >= 15 is 0 Å². The molecule has 146 valence electrons. The maximum atomic E-state index is 11.9. The fourth-order valence-electron chi connectivity index (χ4n) is 2.12. The molecule has 3 N–H and O–H groups in total. The molecule has 0 atom stereocenters. The first-order valence-corrected chi connectivity index (χ1v) is 8.81. The number of hydrogen-bond donors (Lipinski definition) is 3. The van der Waals surface area contributed by atoms with E-state index in [1.54, 1.807) is 61.7 Å². The van der Waals surface area contributed by atoms with E-state index < -0.39 is 11.8 Å². The second-order valence-corrected chi connectivity index (χ2v) is 6.08. The zero-order valence-electron chi connectivity index (χ0n) is 15.2. The van der Waals surface area contributed by atoms with E-state index in [2.05, 4.69) is 16.2 Å². The lowest BCUT2D eigenvalue weighted by molar-refractivity contribution is -0.128.